The number of hydrazone groups is 1. The zero-order valence-electron chi connectivity index (χ0n) is 11.8. The van der Waals surface area contributed by atoms with Gasteiger partial charge in [0.2, 0.25) is 0 Å². The number of benzene rings is 2. The Morgan fingerprint density at radius 2 is 2.10 bits per heavy atom. The molecular weight excluding hydrogens is 268 g/mol. The number of ether oxygens (including phenoxy) is 1. The molecule has 0 aromatic heterocycles. The number of nitrogens with one attached hydrogen (secondary N) is 1. The first-order chi connectivity index (χ1) is 10.1. The molecule has 0 aliphatic carbocycles. The van der Waals surface area contributed by atoms with Crippen molar-refractivity contribution < 1.29 is 14.6 Å². The van der Waals surface area contributed by atoms with Crippen LogP contribution < -0.4 is 10.2 Å². The average molecular weight is 284 g/mol. The fraction of sp³-hybridized carbons (Fsp3) is 0.125. The minimum absolute atomic E-state index is 0.111. The molecule has 2 aromatic rings. The Labute approximate surface area is 122 Å². The second kappa shape index (κ2) is 6.56. The third-order valence-electron chi connectivity index (χ3n) is 2.88. The first-order valence-corrected chi connectivity index (χ1v) is 6.37. The van der Waals surface area contributed by atoms with E-state index < -0.39 is 0 Å². The third-order valence-corrected chi connectivity index (χ3v) is 2.88. The molecule has 5 nitrogen and oxygen atoms in total. The van der Waals surface area contributed by atoms with Crippen LogP contribution in [-0.4, -0.2) is 24.3 Å². The van der Waals surface area contributed by atoms with E-state index in [2.05, 4.69) is 10.5 Å². The molecule has 1 amide bonds. The molecule has 2 aromatic carbocycles. The van der Waals surface area contributed by atoms with E-state index in [1.54, 1.807) is 42.5 Å². The number of carbonyl (C=O) groups excluding carboxylic acids is 1. The Balaban J connectivity index is 2.06. The summed E-state index contributed by atoms with van der Waals surface area (Å²) < 4.78 is 5.06. The van der Waals surface area contributed by atoms with Gasteiger partial charge in [-0.2, -0.15) is 5.10 Å². The molecule has 0 fully saturated rings. The SMILES string of the molecule is COc1cccc(C(=O)N/N=C/c2cc(C)ccc2O)c1. The first kappa shape index (κ1) is 14.6. The molecule has 108 valence electrons. The summed E-state index contributed by atoms with van der Waals surface area (Å²) in [6, 6.07) is 11.9. The summed E-state index contributed by atoms with van der Waals surface area (Å²) >= 11 is 0. The first-order valence-electron chi connectivity index (χ1n) is 6.37. The molecule has 0 saturated heterocycles. The number of amides is 1. The highest BCUT2D eigenvalue weighted by molar-refractivity contribution is 5.95. The van der Waals surface area contributed by atoms with Crippen molar-refractivity contribution in [2.75, 3.05) is 7.11 Å². The monoisotopic (exact) mass is 284 g/mol. The Bertz CT molecular complexity index is 681. The number of rotatable bonds is 4. The van der Waals surface area contributed by atoms with Crippen LogP contribution in [0.25, 0.3) is 0 Å². The van der Waals surface area contributed by atoms with Crippen molar-refractivity contribution in [3.8, 4) is 11.5 Å². The lowest BCUT2D eigenvalue weighted by Crippen LogP contribution is -2.17. The molecule has 21 heavy (non-hydrogen) atoms. The lowest BCUT2D eigenvalue weighted by Gasteiger charge is -2.03. The van der Waals surface area contributed by atoms with Crippen LogP contribution in [0.15, 0.2) is 47.6 Å². The van der Waals surface area contributed by atoms with E-state index in [0.717, 1.165) is 5.56 Å². The van der Waals surface area contributed by atoms with Crippen LogP contribution in [0.5, 0.6) is 11.5 Å². The van der Waals surface area contributed by atoms with Gasteiger partial charge >= 0.3 is 0 Å². The lowest BCUT2D eigenvalue weighted by molar-refractivity contribution is 0.0954. The number of hydrogen-bond donors (Lipinski definition) is 2. The van der Waals surface area contributed by atoms with Crippen molar-refractivity contribution in [1.82, 2.24) is 5.43 Å². The molecule has 2 rings (SSSR count). The highest BCUT2D eigenvalue weighted by atomic mass is 16.5. The van der Waals surface area contributed by atoms with Crippen LogP contribution in [-0.2, 0) is 0 Å². The van der Waals surface area contributed by atoms with Crippen molar-refractivity contribution >= 4 is 12.1 Å². The smallest absolute Gasteiger partial charge is 0.271 e. The molecule has 0 atom stereocenters. The summed E-state index contributed by atoms with van der Waals surface area (Å²) in [5, 5.41) is 13.5. The van der Waals surface area contributed by atoms with Gasteiger partial charge in [0.1, 0.15) is 11.5 Å². The number of carbonyl (C=O) groups is 1. The summed E-state index contributed by atoms with van der Waals surface area (Å²) in [6.45, 7) is 1.91. The van der Waals surface area contributed by atoms with Crippen molar-refractivity contribution in [3.63, 3.8) is 0 Å². The Kier molecular flexibility index (Phi) is 4.56. The molecule has 0 saturated carbocycles. The lowest BCUT2D eigenvalue weighted by atomic mass is 10.1. The molecule has 0 spiro atoms. The molecule has 0 aliphatic heterocycles. The summed E-state index contributed by atoms with van der Waals surface area (Å²) in [5.41, 5.74) is 4.39. The highest BCUT2D eigenvalue weighted by Gasteiger charge is 2.05. The average Bonchev–Trinajstić information content (AvgIpc) is 2.50. The van der Waals surface area contributed by atoms with E-state index in [-0.39, 0.29) is 11.7 Å². The maximum atomic E-state index is 11.9. The molecular formula is C16H16N2O3. The van der Waals surface area contributed by atoms with Gasteiger partial charge < -0.3 is 9.84 Å². The number of phenols is 1. The van der Waals surface area contributed by atoms with Crippen LogP contribution in [0.3, 0.4) is 0 Å². The van der Waals surface area contributed by atoms with Gasteiger partial charge in [-0.25, -0.2) is 5.43 Å². The number of aromatic hydroxyl groups is 1. The van der Waals surface area contributed by atoms with E-state index in [9.17, 15) is 9.90 Å². The minimum Gasteiger partial charge on any atom is -0.507 e. The third kappa shape index (κ3) is 3.82. The van der Waals surface area contributed by atoms with Crippen molar-refractivity contribution in [2.24, 2.45) is 5.10 Å². The minimum atomic E-state index is -0.350. The van der Waals surface area contributed by atoms with Crippen molar-refractivity contribution in [2.45, 2.75) is 6.92 Å². The number of phenolic OH excluding ortho intramolecular Hbond substituents is 1. The Hall–Kier alpha value is -2.82. The van der Waals surface area contributed by atoms with Crippen LogP contribution in [0, 0.1) is 6.92 Å². The molecule has 0 aliphatic rings. The van der Waals surface area contributed by atoms with Gasteiger partial charge in [-0.15, -0.1) is 0 Å². The largest absolute Gasteiger partial charge is 0.507 e. The van der Waals surface area contributed by atoms with E-state index in [1.165, 1.54) is 13.3 Å². The summed E-state index contributed by atoms with van der Waals surface area (Å²) in [7, 11) is 1.54. The summed E-state index contributed by atoms with van der Waals surface area (Å²) in [4.78, 5) is 11.9. The van der Waals surface area contributed by atoms with Gasteiger partial charge in [-0.05, 0) is 37.3 Å². The zero-order chi connectivity index (χ0) is 15.2. The Morgan fingerprint density at radius 1 is 1.29 bits per heavy atom. The molecule has 0 heterocycles. The highest BCUT2D eigenvalue weighted by Crippen LogP contribution is 2.16. The predicted octanol–water partition coefficient (Wildman–Crippen LogP) is 2.47. The van der Waals surface area contributed by atoms with E-state index in [4.69, 9.17) is 4.74 Å². The second-order valence-corrected chi connectivity index (χ2v) is 4.49. The van der Waals surface area contributed by atoms with Crippen LogP contribution >= 0.6 is 0 Å². The molecule has 0 unspecified atom stereocenters. The molecule has 2 N–H and O–H groups in total. The Morgan fingerprint density at radius 3 is 2.86 bits per heavy atom. The van der Waals surface area contributed by atoms with Gasteiger partial charge in [0, 0.05) is 11.1 Å². The van der Waals surface area contributed by atoms with Gasteiger partial charge in [0.25, 0.3) is 5.91 Å². The normalized spacial score (nSPS) is 10.6. The maximum absolute atomic E-state index is 11.9. The molecule has 5 heteroatoms. The van der Waals surface area contributed by atoms with Crippen LogP contribution in [0.4, 0.5) is 0 Å². The summed E-state index contributed by atoms with van der Waals surface area (Å²) in [6.07, 6.45) is 1.40. The van der Waals surface area contributed by atoms with Crippen LogP contribution in [0.2, 0.25) is 0 Å². The van der Waals surface area contributed by atoms with Gasteiger partial charge in [0.05, 0.1) is 13.3 Å². The van der Waals surface area contributed by atoms with Gasteiger partial charge in [0.15, 0.2) is 0 Å². The van der Waals surface area contributed by atoms with Crippen LogP contribution in [0.1, 0.15) is 21.5 Å². The van der Waals surface area contributed by atoms with E-state index >= 15 is 0 Å². The van der Waals surface area contributed by atoms with E-state index in [0.29, 0.717) is 16.9 Å². The van der Waals surface area contributed by atoms with Gasteiger partial charge in [-0.3, -0.25) is 4.79 Å². The molecule has 0 radical (unpaired) electrons. The number of hydrogen-bond acceptors (Lipinski definition) is 4. The zero-order valence-corrected chi connectivity index (χ0v) is 11.8. The quantitative estimate of drug-likeness (QED) is 0.669. The van der Waals surface area contributed by atoms with E-state index in [1.807, 2.05) is 6.92 Å². The predicted molar refractivity (Wildman–Crippen MR) is 80.9 cm³/mol. The van der Waals surface area contributed by atoms with Crippen molar-refractivity contribution in [1.29, 1.82) is 0 Å². The summed E-state index contributed by atoms with van der Waals surface area (Å²) in [5.74, 6) is 0.361. The topological polar surface area (TPSA) is 70.9 Å². The van der Waals surface area contributed by atoms with Crippen molar-refractivity contribution in [3.05, 3.63) is 59.2 Å². The van der Waals surface area contributed by atoms with Gasteiger partial charge in [-0.1, -0.05) is 17.7 Å². The fourth-order valence-corrected chi connectivity index (χ4v) is 1.77. The fourth-order valence-electron chi connectivity index (χ4n) is 1.77. The number of aryl methyl sites for hydroxylation is 1. The number of nitrogens with zero attached hydrogens (tertiary/aromatic N) is 1. The number of methoxy groups -OCH3 is 1. The molecule has 0 bridgehead atoms. The maximum Gasteiger partial charge on any atom is 0.271 e. The second-order valence-electron chi connectivity index (χ2n) is 4.49. The standard InChI is InChI=1S/C16H16N2O3/c1-11-6-7-15(19)13(8-11)10-17-18-16(20)12-4-3-5-14(9-12)21-2/h3-10,19H,1-2H3,(H,18,20)/b17-10+.